The Bertz CT molecular complexity index is 1910. The lowest BCUT2D eigenvalue weighted by molar-refractivity contribution is 0.0703. The minimum Gasteiger partial charge on any atom is -0.494 e. The number of benzene rings is 1. The zero-order valence-corrected chi connectivity index (χ0v) is 23.5. The van der Waals surface area contributed by atoms with Crippen LogP contribution in [0.1, 0.15) is 42.5 Å². The van der Waals surface area contributed by atoms with Gasteiger partial charge in [-0.15, -0.1) is 0 Å². The predicted octanol–water partition coefficient (Wildman–Crippen LogP) is 5.97. The van der Waals surface area contributed by atoms with Crippen LogP contribution < -0.4 is 4.74 Å². The van der Waals surface area contributed by atoms with E-state index in [1.54, 1.807) is 13.2 Å². The van der Waals surface area contributed by atoms with Gasteiger partial charge in [0.15, 0.2) is 11.6 Å². The Labute approximate surface area is 240 Å². The normalized spacial score (nSPS) is 19.9. The number of ether oxygens (including phenoxy) is 1. The van der Waals surface area contributed by atoms with Gasteiger partial charge in [0.1, 0.15) is 16.9 Å². The molecule has 10 heteroatoms. The highest BCUT2D eigenvalue weighted by atomic mass is 19.2. The van der Waals surface area contributed by atoms with E-state index >= 15 is 0 Å². The molecule has 1 aromatic carbocycles. The van der Waals surface area contributed by atoms with Crippen molar-refractivity contribution >= 4 is 28.0 Å². The number of fused-ring (bicyclic) bond motifs is 4. The molecule has 0 N–H and O–H groups in total. The van der Waals surface area contributed by atoms with E-state index in [9.17, 15) is 13.6 Å². The van der Waals surface area contributed by atoms with Crippen molar-refractivity contribution < 1.29 is 18.3 Å². The van der Waals surface area contributed by atoms with Crippen molar-refractivity contribution in [1.29, 1.82) is 0 Å². The number of methoxy groups -OCH3 is 1. The topological polar surface area (TPSA) is 78.1 Å². The number of carbonyl (C=O) groups is 1. The van der Waals surface area contributed by atoms with Gasteiger partial charge in [0.25, 0.3) is 5.91 Å². The number of carbonyl (C=O) groups excluding carboxylic acids is 1. The molecule has 214 valence electrons. The highest BCUT2D eigenvalue weighted by molar-refractivity contribution is 6.00. The molecule has 5 heterocycles. The summed E-state index contributed by atoms with van der Waals surface area (Å²) in [6.07, 6.45) is 6.89. The van der Waals surface area contributed by atoms with Gasteiger partial charge in [-0.3, -0.25) is 4.79 Å². The van der Waals surface area contributed by atoms with E-state index in [1.807, 2.05) is 40.8 Å². The van der Waals surface area contributed by atoms with Crippen molar-refractivity contribution in [1.82, 2.24) is 29.0 Å². The lowest BCUT2D eigenvalue weighted by Gasteiger charge is -2.27. The van der Waals surface area contributed by atoms with Crippen molar-refractivity contribution in [3.63, 3.8) is 0 Å². The smallest absolute Gasteiger partial charge is 0.254 e. The van der Waals surface area contributed by atoms with E-state index in [1.165, 1.54) is 18.7 Å². The largest absolute Gasteiger partial charge is 0.494 e. The first-order valence-corrected chi connectivity index (χ1v) is 14.6. The van der Waals surface area contributed by atoms with Crippen LogP contribution in [0, 0.1) is 23.6 Å². The quantitative estimate of drug-likeness (QED) is 0.236. The van der Waals surface area contributed by atoms with Crippen LogP contribution in [0.2, 0.25) is 0 Å². The van der Waals surface area contributed by atoms with Gasteiger partial charge in [0.05, 0.1) is 24.0 Å². The van der Waals surface area contributed by atoms with Crippen LogP contribution in [-0.2, 0) is 13.6 Å². The van der Waals surface area contributed by atoms with Gasteiger partial charge in [-0.25, -0.2) is 19.3 Å². The Morgan fingerprint density at radius 3 is 2.67 bits per heavy atom. The first-order valence-electron chi connectivity index (χ1n) is 14.6. The first-order chi connectivity index (χ1) is 20.4. The molecule has 42 heavy (non-hydrogen) atoms. The molecular formula is C32H30F2N6O2. The Hall–Kier alpha value is -4.34. The average molecular weight is 569 g/mol. The molecule has 8 nitrogen and oxygen atoms in total. The lowest BCUT2D eigenvalue weighted by atomic mass is 10.1. The number of amides is 1. The maximum atomic E-state index is 14.6. The molecule has 2 atom stereocenters. The predicted molar refractivity (Wildman–Crippen MR) is 154 cm³/mol. The van der Waals surface area contributed by atoms with Crippen molar-refractivity contribution in [2.24, 2.45) is 18.9 Å². The fourth-order valence-corrected chi connectivity index (χ4v) is 6.98. The van der Waals surface area contributed by atoms with Crippen LogP contribution in [0.4, 0.5) is 8.78 Å². The van der Waals surface area contributed by atoms with Gasteiger partial charge in [-0.05, 0) is 80.3 Å². The molecule has 2 aliphatic carbocycles. The van der Waals surface area contributed by atoms with E-state index in [0.29, 0.717) is 46.0 Å². The number of rotatable bonds is 6. The molecule has 3 fully saturated rings. The molecule has 1 amide bonds. The number of hydrogen-bond donors (Lipinski definition) is 0. The van der Waals surface area contributed by atoms with Crippen LogP contribution in [0.15, 0.2) is 42.6 Å². The summed E-state index contributed by atoms with van der Waals surface area (Å²) in [5, 5.41) is 0.878. The molecular weight excluding hydrogens is 538 g/mol. The maximum Gasteiger partial charge on any atom is 0.254 e. The summed E-state index contributed by atoms with van der Waals surface area (Å²) in [5.74, 6) is 0.323. The number of imidazole rings is 1. The number of piperidine rings is 1. The van der Waals surface area contributed by atoms with Crippen LogP contribution in [0.3, 0.4) is 0 Å². The number of likely N-dealkylation sites (tertiary alicyclic amines) is 1. The van der Waals surface area contributed by atoms with Crippen LogP contribution in [-0.4, -0.2) is 54.6 Å². The molecule has 8 rings (SSSR count). The second kappa shape index (κ2) is 9.34. The van der Waals surface area contributed by atoms with E-state index in [2.05, 4.69) is 9.55 Å². The van der Waals surface area contributed by atoms with Crippen LogP contribution in [0.25, 0.3) is 44.8 Å². The SMILES string of the molecule is COc1cc(C(=O)N2CC3CCC2C3)cc2nc(-c3cc4ccc(-c5ccnc(F)c5F)nc4n3CC3CC3)n(C)c12. The van der Waals surface area contributed by atoms with Gasteiger partial charge in [0, 0.05) is 48.9 Å². The van der Waals surface area contributed by atoms with E-state index in [-0.39, 0.29) is 11.5 Å². The molecule has 1 saturated heterocycles. The minimum absolute atomic E-state index is 0.0361. The van der Waals surface area contributed by atoms with Gasteiger partial charge in [0.2, 0.25) is 5.95 Å². The Balaban J connectivity index is 1.26. The summed E-state index contributed by atoms with van der Waals surface area (Å²) in [6, 6.07) is 11.1. The molecule has 0 spiro atoms. The minimum atomic E-state index is -1.15. The van der Waals surface area contributed by atoms with Crippen molar-refractivity contribution in [2.75, 3.05) is 13.7 Å². The number of aryl methyl sites for hydroxylation is 1. The number of aromatic nitrogens is 5. The summed E-state index contributed by atoms with van der Waals surface area (Å²) in [5.41, 5.74) is 4.05. The Kier molecular flexibility index (Phi) is 5.64. The molecule has 5 aromatic rings. The Morgan fingerprint density at radius 1 is 1.07 bits per heavy atom. The monoisotopic (exact) mass is 568 g/mol. The second-order valence-corrected chi connectivity index (χ2v) is 12.0. The summed E-state index contributed by atoms with van der Waals surface area (Å²) >= 11 is 0. The fraction of sp³-hybridized carbons (Fsp3) is 0.375. The zero-order valence-electron chi connectivity index (χ0n) is 23.5. The summed E-state index contributed by atoms with van der Waals surface area (Å²) in [4.78, 5) is 28.9. The van der Waals surface area contributed by atoms with Gasteiger partial charge in [-0.2, -0.15) is 4.39 Å². The number of hydrogen-bond acceptors (Lipinski definition) is 5. The number of halogens is 2. The summed E-state index contributed by atoms with van der Waals surface area (Å²) < 4.78 is 38.5. The van der Waals surface area contributed by atoms with E-state index < -0.39 is 11.8 Å². The lowest BCUT2D eigenvalue weighted by Crippen LogP contribution is -2.37. The fourth-order valence-electron chi connectivity index (χ4n) is 6.98. The van der Waals surface area contributed by atoms with Crippen LogP contribution in [0.5, 0.6) is 5.75 Å². The van der Waals surface area contributed by atoms with Crippen molar-refractivity contribution in [3.8, 4) is 28.5 Å². The molecule has 3 aliphatic rings. The average Bonchev–Trinajstić information content (AvgIpc) is 3.29. The third kappa shape index (κ3) is 3.91. The zero-order chi connectivity index (χ0) is 28.7. The van der Waals surface area contributed by atoms with Crippen molar-refractivity contribution in [3.05, 3.63) is 59.9 Å². The third-order valence-corrected chi connectivity index (χ3v) is 9.30. The molecule has 2 saturated carbocycles. The van der Waals surface area contributed by atoms with Crippen molar-refractivity contribution in [2.45, 2.75) is 44.7 Å². The van der Waals surface area contributed by atoms with Gasteiger partial charge < -0.3 is 18.8 Å². The third-order valence-electron chi connectivity index (χ3n) is 9.30. The second-order valence-electron chi connectivity index (χ2n) is 12.0. The number of pyridine rings is 2. The Morgan fingerprint density at radius 2 is 1.93 bits per heavy atom. The van der Waals surface area contributed by atoms with Gasteiger partial charge in [-0.1, -0.05) is 0 Å². The standard InChI is InChI=1S/C32H30F2N6O2/c1-38-28-24(12-20(14-26(28)42-2)32(41)39-16-18-5-7-21(39)11-18)37-31(38)25-13-19-6-8-23(22-9-10-35-29(34)27(22)33)36-30(19)40(25)15-17-3-4-17/h6,8-10,12-14,17-18,21H,3-5,7,11,15-16H2,1-2H3. The van der Waals surface area contributed by atoms with E-state index in [0.717, 1.165) is 61.2 Å². The maximum absolute atomic E-state index is 14.6. The highest BCUT2D eigenvalue weighted by Crippen LogP contribution is 2.40. The summed E-state index contributed by atoms with van der Waals surface area (Å²) in [6.45, 7) is 1.56. The highest BCUT2D eigenvalue weighted by Gasteiger charge is 2.40. The molecule has 2 unspecified atom stereocenters. The van der Waals surface area contributed by atoms with E-state index in [4.69, 9.17) is 14.7 Å². The first kappa shape index (κ1) is 25.4. The van der Waals surface area contributed by atoms with Gasteiger partial charge >= 0.3 is 0 Å². The molecule has 0 radical (unpaired) electrons. The molecule has 1 aliphatic heterocycles. The molecule has 4 aromatic heterocycles. The number of nitrogens with zero attached hydrogens (tertiary/aromatic N) is 6. The summed E-state index contributed by atoms with van der Waals surface area (Å²) in [7, 11) is 3.56. The van der Waals surface area contributed by atoms with Crippen LogP contribution >= 0.6 is 0 Å². The molecule has 2 bridgehead atoms.